The second kappa shape index (κ2) is 6.69. The zero-order valence-corrected chi connectivity index (χ0v) is 14.8. The zero-order valence-electron chi connectivity index (χ0n) is 14.1. The molecule has 0 atom stereocenters. The summed E-state index contributed by atoms with van der Waals surface area (Å²) in [4.78, 5) is 19.3. The van der Waals surface area contributed by atoms with Crippen LogP contribution in [0.4, 0.5) is 0 Å². The van der Waals surface area contributed by atoms with Gasteiger partial charge in [-0.1, -0.05) is 29.8 Å². The van der Waals surface area contributed by atoms with Crippen LogP contribution in [0.2, 0.25) is 5.02 Å². The fourth-order valence-electron chi connectivity index (χ4n) is 2.92. The Morgan fingerprint density at radius 2 is 1.96 bits per heavy atom. The molecule has 3 heterocycles. The van der Waals surface area contributed by atoms with Crippen LogP contribution in [0.15, 0.2) is 71.5 Å². The third-order valence-corrected chi connectivity index (χ3v) is 4.42. The first-order valence-corrected chi connectivity index (χ1v) is 8.52. The van der Waals surface area contributed by atoms with E-state index in [0.717, 1.165) is 17.0 Å². The molecule has 6 heteroatoms. The van der Waals surface area contributed by atoms with E-state index < -0.39 is 0 Å². The number of aromatic nitrogens is 2. The van der Waals surface area contributed by atoms with E-state index >= 15 is 0 Å². The van der Waals surface area contributed by atoms with Gasteiger partial charge in [0.1, 0.15) is 11.4 Å². The number of pyridine rings is 1. The average Bonchev–Trinajstić information content (AvgIpc) is 3.29. The summed E-state index contributed by atoms with van der Waals surface area (Å²) >= 11 is 6.02. The largest absolute Gasteiger partial charge is 0.467 e. The van der Waals surface area contributed by atoms with Gasteiger partial charge in [-0.3, -0.25) is 9.20 Å². The highest BCUT2D eigenvalue weighted by atomic mass is 35.5. The molecule has 5 nitrogen and oxygen atoms in total. The Morgan fingerprint density at radius 3 is 2.69 bits per heavy atom. The van der Waals surface area contributed by atoms with Crippen molar-refractivity contribution in [3.8, 4) is 11.3 Å². The molecule has 3 aromatic heterocycles. The topological polar surface area (TPSA) is 50.8 Å². The molecule has 0 saturated carbocycles. The summed E-state index contributed by atoms with van der Waals surface area (Å²) in [5, 5.41) is 0.644. The minimum absolute atomic E-state index is 0.171. The molecular formula is C20H16ClN3O2. The van der Waals surface area contributed by atoms with Crippen molar-refractivity contribution in [2.24, 2.45) is 0 Å². The molecule has 0 aliphatic rings. The number of carbonyl (C=O) groups is 1. The van der Waals surface area contributed by atoms with Crippen molar-refractivity contribution in [2.45, 2.75) is 6.54 Å². The van der Waals surface area contributed by atoms with Crippen molar-refractivity contribution >= 4 is 23.2 Å². The molecule has 0 bridgehead atoms. The lowest BCUT2D eigenvalue weighted by Gasteiger charge is -2.15. The lowest BCUT2D eigenvalue weighted by atomic mass is 10.1. The summed E-state index contributed by atoms with van der Waals surface area (Å²) in [6.07, 6.45) is 3.49. The molecule has 0 radical (unpaired) electrons. The number of amides is 1. The minimum Gasteiger partial charge on any atom is -0.467 e. The van der Waals surface area contributed by atoms with Crippen molar-refractivity contribution in [3.63, 3.8) is 0 Å². The van der Waals surface area contributed by atoms with E-state index in [-0.39, 0.29) is 5.91 Å². The van der Waals surface area contributed by atoms with Gasteiger partial charge in [-0.05, 0) is 36.4 Å². The Kier molecular flexibility index (Phi) is 4.22. The molecule has 0 fully saturated rings. The molecule has 4 rings (SSSR count). The SMILES string of the molecule is CN(Cc1ccco1)C(=O)c1nc2ccccn2c1-c1ccc(Cl)cc1. The number of hydrogen-bond acceptors (Lipinski definition) is 3. The van der Waals surface area contributed by atoms with E-state index in [1.54, 1.807) is 36.4 Å². The molecule has 0 aliphatic heterocycles. The first kappa shape index (κ1) is 16.4. The van der Waals surface area contributed by atoms with Crippen LogP contribution in [0.1, 0.15) is 16.2 Å². The predicted octanol–water partition coefficient (Wildman–Crippen LogP) is 4.52. The number of nitrogens with zero attached hydrogens (tertiary/aromatic N) is 3. The van der Waals surface area contributed by atoms with E-state index in [4.69, 9.17) is 16.0 Å². The van der Waals surface area contributed by atoms with E-state index in [1.807, 2.05) is 47.0 Å². The standard InChI is InChI=1S/C20H16ClN3O2/c1-23(13-16-5-4-12-26-16)20(25)18-19(14-7-9-15(21)10-8-14)24-11-3-2-6-17(24)22-18/h2-12H,13H2,1H3. The molecule has 1 amide bonds. The predicted molar refractivity (Wildman–Crippen MR) is 100 cm³/mol. The molecular weight excluding hydrogens is 350 g/mol. The second-order valence-electron chi connectivity index (χ2n) is 5.99. The third-order valence-electron chi connectivity index (χ3n) is 4.17. The van der Waals surface area contributed by atoms with Crippen LogP contribution in [0, 0.1) is 0 Å². The molecule has 0 spiro atoms. The maximum absolute atomic E-state index is 13.1. The van der Waals surface area contributed by atoms with Crippen LogP contribution < -0.4 is 0 Å². The highest BCUT2D eigenvalue weighted by Gasteiger charge is 2.23. The lowest BCUT2D eigenvalue weighted by Crippen LogP contribution is -2.26. The minimum atomic E-state index is -0.171. The van der Waals surface area contributed by atoms with Gasteiger partial charge in [0.25, 0.3) is 5.91 Å². The monoisotopic (exact) mass is 365 g/mol. The number of hydrogen-bond donors (Lipinski definition) is 0. The van der Waals surface area contributed by atoms with Crippen LogP contribution in [0.5, 0.6) is 0 Å². The van der Waals surface area contributed by atoms with Crippen molar-refractivity contribution in [2.75, 3.05) is 7.05 Å². The number of benzene rings is 1. The molecule has 130 valence electrons. The highest BCUT2D eigenvalue weighted by molar-refractivity contribution is 6.30. The molecule has 1 aromatic carbocycles. The van der Waals surface area contributed by atoms with Gasteiger partial charge < -0.3 is 9.32 Å². The van der Waals surface area contributed by atoms with Crippen LogP contribution in [-0.2, 0) is 6.54 Å². The van der Waals surface area contributed by atoms with Crippen molar-refractivity contribution in [1.82, 2.24) is 14.3 Å². The fourth-order valence-corrected chi connectivity index (χ4v) is 3.04. The second-order valence-corrected chi connectivity index (χ2v) is 6.42. The Hall–Kier alpha value is -3.05. The molecule has 0 N–H and O–H groups in total. The van der Waals surface area contributed by atoms with Gasteiger partial charge in [0.2, 0.25) is 0 Å². The molecule has 0 saturated heterocycles. The number of carbonyl (C=O) groups excluding carboxylic acids is 1. The summed E-state index contributed by atoms with van der Waals surface area (Å²) < 4.78 is 7.26. The summed E-state index contributed by atoms with van der Waals surface area (Å²) in [5.74, 6) is 0.549. The molecule has 0 unspecified atom stereocenters. The molecule has 0 aliphatic carbocycles. The first-order valence-electron chi connectivity index (χ1n) is 8.14. The molecule has 4 aromatic rings. The van der Waals surface area contributed by atoms with E-state index in [9.17, 15) is 4.79 Å². The lowest BCUT2D eigenvalue weighted by molar-refractivity contribution is 0.0771. The summed E-state index contributed by atoms with van der Waals surface area (Å²) in [5.41, 5.74) is 2.73. The van der Waals surface area contributed by atoms with Gasteiger partial charge in [-0.2, -0.15) is 0 Å². The van der Waals surface area contributed by atoms with Gasteiger partial charge in [-0.25, -0.2) is 4.98 Å². The van der Waals surface area contributed by atoms with E-state index in [2.05, 4.69) is 4.98 Å². The molecule has 26 heavy (non-hydrogen) atoms. The smallest absolute Gasteiger partial charge is 0.274 e. The Balaban J connectivity index is 1.80. The van der Waals surface area contributed by atoms with Gasteiger partial charge in [0.05, 0.1) is 18.5 Å². The van der Waals surface area contributed by atoms with Crippen LogP contribution >= 0.6 is 11.6 Å². The Labute approximate surface area is 155 Å². The fraction of sp³-hybridized carbons (Fsp3) is 0.100. The normalized spacial score (nSPS) is 11.0. The maximum Gasteiger partial charge on any atom is 0.274 e. The van der Waals surface area contributed by atoms with Gasteiger partial charge in [-0.15, -0.1) is 0 Å². The average molecular weight is 366 g/mol. The van der Waals surface area contributed by atoms with Gasteiger partial charge in [0, 0.05) is 23.8 Å². The van der Waals surface area contributed by atoms with Crippen LogP contribution in [-0.4, -0.2) is 27.2 Å². The first-order chi connectivity index (χ1) is 12.6. The number of fused-ring (bicyclic) bond motifs is 1. The summed E-state index contributed by atoms with van der Waals surface area (Å²) in [7, 11) is 1.74. The maximum atomic E-state index is 13.1. The van der Waals surface area contributed by atoms with E-state index in [0.29, 0.717) is 22.9 Å². The Morgan fingerprint density at radius 1 is 1.15 bits per heavy atom. The number of rotatable bonds is 4. The Bertz CT molecular complexity index is 1050. The number of imidazole rings is 1. The quantitative estimate of drug-likeness (QED) is 0.534. The number of halogens is 1. The van der Waals surface area contributed by atoms with Gasteiger partial charge in [0.15, 0.2) is 5.69 Å². The van der Waals surface area contributed by atoms with Crippen LogP contribution in [0.25, 0.3) is 16.9 Å². The summed E-state index contributed by atoms with van der Waals surface area (Å²) in [6, 6.07) is 16.7. The third kappa shape index (κ3) is 2.97. The van der Waals surface area contributed by atoms with Gasteiger partial charge >= 0.3 is 0 Å². The highest BCUT2D eigenvalue weighted by Crippen LogP contribution is 2.27. The zero-order chi connectivity index (χ0) is 18.1. The van der Waals surface area contributed by atoms with Crippen molar-refractivity contribution in [1.29, 1.82) is 0 Å². The summed E-state index contributed by atoms with van der Waals surface area (Å²) in [6.45, 7) is 0.375. The van der Waals surface area contributed by atoms with Crippen molar-refractivity contribution in [3.05, 3.63) is 83.5 Å². The van der Waals surface area contributed by atoms with E-state index in [1.165, 1.54) is 0 Å². The van der Waals surface area contributed by atoms with Crippen LogP contribution in [0.3, 0.4) is 0 Å². The number of furan rings is 1. The van der Waals surface area contributed by atoms with Crippen molar-refractivity contribution < 1.29 is 9.21 Å².